The average Bonchev–Trinajstić information content (AvgIpc) is 2.48. The van der Waals surface area contributed by atoms with Crippen LogP contribution in [0.25, 0.3) is 0 Å². The first-order valence-corrected chi connectivity index (χ1v) is 9.60. The van der Waals surface area contributed by atoms with Gasteiger partial charge >= 0.3 is 5.69 Å². The molecule has 1 aromatic rings. The summed E-state index contributed by atoms with van der Waals surface area (Å²) >= 11 is 0. The zero-order valence-electron chi connectivity index (χ0n) is 13.4. The molecule has 1 aliphatic rings. The van der Waals surface area contributed by atoms with Crippen molar-refractivity contribution in [2.75, 3.05) is 17.1 Å². The number of hydrogen-bond donors (Lipinski definition) is 0. The summed E-state index contributed by atoms with van der Waals surface area (Å²) in [6, 6.07) is 4.31. The summed E-state index contributed by atoms with van der Waals surface area (Å²) in [7, 11) is -3.48. The zero-order chi connectivity index (χ0) is 17.0. The van der Waals surface area contributed by atoms with E-state index in [-0.39, 0.29) is 29.8 Å². The topological polar surface area (TPSA) is 89.8 Å². The highest BCUT2D eigenvalue weighted by Gasteiger charge is 2.24. The number of sulfonamides is 1. The Bertz CT molecular complexity index is 668. The van der Waals surface area contributed by atoms with Gasteiger partial charge in [0.1, 0.15) is 0 Å². The maximum Gasteiger partial charge on any atom is 0.313 e. The molecule has 0 N–H and O–H groups in total. The van der Waals surface area contributed by atoms with E-state index in [2.05, 4.69) is 0 Å². The van der Waals surface area contributed by atoms with Crippen molar-refractivity contribution in [2.45, 2.75) is 45.1 Å². The third-order valence-electron chi connectivity index (χ3n) is 3.96. The number of benzene rings is 1. The monoisotopic (exact) mass is 342 g/mol. The first-order valence-electron chi connectivity index (χ1n) is 7.75. The van der Waals surface area contributed by atoms with Crippen LogP contribution in [0.2, 0.25) is 0 Å². The van der Waals surface area contributed by atoms with Gasteiger partial charge in [-0.15, -0.1) is 0 Å². The third-order valence-corrected chi connectivity index (χ3v) is 5.23. The van der Waals surface area contributed by atoms with Crippen LogP contribution >= 0.6 is 0 Å². The molecule has 2 rings (SSSR count). The van der Waals surface area contributed by atoms with E-state index in [1.54, 1.807) is 13.0 Å². The number of rotatable bonds is 6. The first-order chi connectivity index (χ1) is 10.8. The standard InChI is InChI=1S/C15H22N2O5S/c1-3-16(23(2,20)21)12-9-10-15(14(11-12)17(18)19)22-13-7-5-4-6-8-13/h9-11,13H,3-8H2,1-2H3. The Morgan fingerprint density at radius 2 is 1.96 bits per heavy atom. The van der Waals surface area contributed by atoms with Gasteiger partial charge in [0, 0.05) is 12.6 Å². The van der Waals surface area contributed by atoms with E-state index in [4.69, 9.17) is 4.74 Å². The van der Waals surface area contributed by atoms with E-state index in [0.717, 1.165) is 36.2 Å². The normalized spacial score (nSPS) is 16.1. The smallest absolute Gasteiger partial charge is 0.313 e. The van der Waals surface area contributed by atoms with Crippen LogP contribution in [-0.2, 0) is 10.0 Å². The Morgan fingerprint density at radius 1 is 1.30 bits per heavy atom. The number of nitro groups is 1. The van der Waals surface area contributed by atoms with Crippen LogP contribution in [0.15, 0.2) is 18.2 Å². The summed E-state index contributed by atoms with van der Waals surface area (Å²) in [5, 5.41) is 11.3. The van der Waals surface area contributed by atoms with Gasteiger partial charge in [-0.1, -0.05) is 6.42 Å². The van der Waals surface area contributed by atoms with Crippen molar-refractivity contribution in [1.82, 2.24) is 0 Å². The van der Waals surface area contributed by atoms with Crippen LogP contribution in [-0.4, -0.2) is 32.2 Å². The van der Waals surface area contributed by atoms with Crippen molar-refractivity contribution in [3.05, 3.63) is 28.3 Å². The molecule has 0 atom stereocenters. The minimum atomic E-state index is -3.48. The molecule has 0 spiro atoms. The lowest BCUT2D eigenvalue weighted by molar-refractivity contribution is -0.386. The molecule has 0 aliphatic heterocycles. The maximum absolute atomic E-state index is 11.8. The lowest BCUT2D eigenvalue weighted by Crippen LogP contribution is -2.29. The van der Waals surface area contributed by atoms with Crippen LogP contribution in [0.4, 0.5) is 11.4 Å². The highest BCUT2D eigenvalue weighted by atomic mass is 32.2. The Morgan fingerprint density at radius 3 is 2.48 bits per heavy atom. The molecule has 0 aromatic heterocycles. The molecule has 23 heavy (non-hydrogen) atoms. The molecule has 0 unspecified atom stereocenters. The molecule has 1 aromatic carbocycles. The summed E-state index contributed by atoms with van der Waals surface area (Å²) in [5.74, 6) is 0.204. The van der Waals surface area contributed by atoms with Crippen LogP contribution < -0.4 is 9.04 Å². The van der Waals surface area contributed by atoms with Crippen LogP contribution in [0.5, 0.6) is 5.75 Å². The highest BCUT2D eigenvalue weighted by Crippen LogP contribution is 2.34. The fourth-order valence-electron chi connectivity index (χ4n) is 2.87. The molecule has 0 heterocycles. The molecule has 128 valence electrons. The summed E-state index contributed by atoms with van der Waals surface area (Å²) < 4.78 is 30.5. The van der Waals surface area contributed by atoms with Gasteiger partial charge in [0.15, 0.2) is 5.75 Å². The number of nitrogens with zero attached hydrogens (tertiary/aromatic N) is 2. The van der Waals surface area contributed by atoms with Crippen molar-refractivity contribution in [2.24, 2.45) is 0 Å². The predicted molar refractivity (Wildman–Crippen MR) is 88.5 cm³/mol. The quantitative estimate of drug-likeness (QED) is 0.585. The molecule has 0 amide bonds. The summed E-state index contributed by atoms with van der Waals surface area (Å²) in [6.07, 6.45) is 6.15. The number of ether oxygens (including phenoxy) is 1. The SMILES string of the molecule is CCN(c1ccc(OC2CCCCC2)c([N+](=O)[O-])c1)S(C)(=O)=O. The van der Waals surface area contributed by atoms with Crippen LogP contribution in [0, 0.1) is 10.1 Å². The fraction of sp³-hybridized carbons (Fsp3) is 0.600. The Balaban J connectivity index is 2.32. The summed E-state index contributed by atoms with van der Waals surface area (Å²) in [6.45, 7) is 1.89. The maximum atomic E-state index is 11.8. The van der Waals surface area contributed by atoms with Gasteiger partial charge in [-0.2, -0.15) is 0 Å². The number of nitro benzene ring substituents is 1. The molecule has 0 saturated heterocycles. The summed E-state index contributed by atoms with van der Waals surface area (Å²) in [4.78, 5) is 10.8. The van der Waals surface area contributed by atoms with Gasteiger partial charge in [-0.25, -0.2) is 8.42 Å². The molecule has 1 saturated carbocycles. The molecule has 7 nitrogen and oxygen atoms in total. The minimum absolute atomic E-state index is 0.00881. The molecular formula is C15H22N2O5S. The Hall–Kier alpha value is -1.83. The first kappa shape index (κ1) is 17.5. The van der Waals surface area contributed by atoms with Gasteiger partial charge in [0.05, 0.1) is 23.0 Å². The molecular weight excluding hydrogens is 320 g/mol. The second-order valence-corrected chi connectivity index (χ2v) is 7.62. The van der Waals surface area contributed by atoms with Gasteiger partial charge in [0.25, 0.3) is 0 Å². The van der Waals surface area contributed by atoms with Crippen molar-refractivity contribution in [1.29, 1.82) is 0 Å². The lowest BCUT2D eigenvalue weighted by atomic mass is 9.98. The van der Waals surface area contributed by atoms with Gasteiger partial charge in [-0.3, -0.25) is 14.4 Å². The molecule has 0 radical (unpaired) electrons. The van der Waals surface area contributed by atoms with Crippen LogP contribution in [0.1, 0.15) is 39.0 Å². The highest BCUT2D eigenvalue weighted by molar-refractivity contribution is 7.92. The van der Waals surface area contributed by atoms with E-state index in [0.29, 0.717) is 0 Å². The van der Waals surface area contributed by atoms with Gasteiger partial charge < -0.3 is 4.74 Å². The van der Waals surface area contributed by atoms with E-state index < -0.39 is 14.9 Å². The largest absolute Gasteiger partial charge is 0.484 e. The van der Waals surface area contributed by atoms with E-state index in [9.17, 15) is 18.5 Å². The minimum Gasteiger partial charge on any atom is -0.484 e. The molecule has 1 aliphatic carbocycles. The summed E-state index contributed by atoms with van der Waals surface area (Å²) in [5.41, 5.74) is 0.0767. The Kier molecular flexibility index (Phi) is 5.46. The number of hydrogen-bond acceptors (Lipinski definition) is 5. The van der Waals surface area contributed by atoms with E-state index >= 15 is 0 Å². The van der Waals surface area contributed by atoms with E-state index in [1.807, 2.05) is 0 Å². The average molecular weight is 342 g/mol. The third kappa shape index (κ3) is 4.34. The number of anilines is 1. The van der Waals surface area contributed by atoms with Crippen molar-refractivity contribution in [3.63, 3.8) is 0 Å². The molecule has 8 heteroatoms. The fourth-order valence-corrected chi connectivity index (χ4v) is 3.84. The van der Waals surface area contributed by atoms with Crippen molar-refractivity contribution < 1.29 is 18.1 Å². The van der Waals surface area contributed by atoms with Crippen LogP contribution in [0.3, 0.4) is 0 Å². The Labute approximate surface area is 136 Å². The lowest BCUT2D eigenvalue weighted by Gasteiger charge is -2.24. The zero-order valence-corrected chi connectivity index (χ0v) is 14.2. The molecule has 0 bridgehead atoms. The van der Waals surface area contributed by atoms with Gasteiger partial charge in [0.2, 0.25) is 10.0 Å². The van der Waals surface area contributed by atoms with E-state index in [1.165, 1.54) is 18.6 Å². The van der Waals surface area contributed by atoms with Gasteiger partial charge in [-0.05, 0) is 44.7 Å². The van der Waals surface area contributed by atoms with Crippen molar-refractivity contribution in [3.8, 4) is 5.75 Å². The second-order valence-electron chi connectivity index (χ2n) is 5.71. The molecule has 1 fully saturated rings. The van der Waals surface area contributed by atoms with Crippen molar-refractivity contribution >= 4 is 21.4 Å². The second kappa shape index (κ2) is 7.16. The predicted octanol–water partition coefficient (Wildman–Crippen LogP) is 3.09.